The Bertz CT molecular complexity index is 203. The minimum atomic E-state index is 0. The summed E-state index contributed by atoms with van der Waals surface area (Å²) in [6, 6.07) is 0. The number of hydrogen-bond acceptors (Lipinski definition) is 4. The molecule has 100 valence electrons. The second-order valence-corrected chi connectivity index (χ2v) is 3.40. The number of rotatable bonds is 8. The summed E-state index contributed by atoms with van der Waals surface area (Å²) in [5, 5.41) is 0. The van der Waals surface area contributed by atoms with Crippen molar-refractivity contribution in [3.05, 3.63) is 0 Å². The van der Waals surface area contributed by atoms with Gasteiger partial charge < -0.3 is 19.2 Å². The van der Waals surface area contributed by atoms with Gasteiger partial charge >= 0.3 is 21.1 Å². The van der Waals surface area contributed by atoms with E-state index >= 15 is 0 Å². The van der Waals surface area contributed by atoms with Gasteiger partial charge in [0.15, 0.2) is 0 Å². The minimum Gasteiger partial charge on any atom is -0.542 e. The molecule has 0 aliphatic rings. The quantitative estimate of drug-likeness (QED) is 0.442. The Morgan fingerprint density at radius 3 is 1.29 bits per heavy atom. The fourth-order valence-corrected chi connectivity index (χ4v) is 0.819. The third-order valence-corrected chi connectivity index (χ3v) is 1.62. The predicted octanol–water partition coefficient (Wildman–Crippen LogP) is 1.71. The van der Waals surface area contributed by atoms with E-state index in [9.17, 15) is 19.2 Å². The maximum atomic E-state index is 10.2. The van der Waals surface area contributed by atoms with Crippen LogP contribution >= 0.6 is 0 Å². The van der Waals surface area contributed by atoms with E-state index in [-0.39, 0.29) is 32.6 Å². The van der Waals surface area contributed by atoms with E-state index in [2.05, 4.69) is 0 Å². The largest absolute Gasteiger partial charge is 2.00 e. The van der Waals surface area contributed by atoms with Crippen LogP contribution in [0.1, 0.15) is 52.4 Å². The fourth-order valence-electron chi connectivity index (χ4n) is 0.819. The summed E-state index contributed by atoms with van der Waals surface area (Å²) in [4.78, 5) is 39.5. The Morgan fingerprint density at radius 1 is 0.824 bits per heavy atom. The number of carbonyl (C=O) groups excluding carboxylic acids is 4. The zero-order valence-electron chi connectivity index (χ0n) is 10.2. The maximum absolute atomic E-state index is 10.2. The van der Waals surface area contributed by atoms with Gasteiger partial charge in [0.1, 0.15) is 11.6 Å². The van der Waals surface area contributed by atoms with Crippen molar-refractivity contribution in [1.82, 2.24) is 0 Å². The summed E-state index contributed by atoms with van der Waals surface area (Å²) >= 11 is 0. The molecule has 0 atom stereocenters. The standard InChI is InChI=1S/2C6H9O2.Pt/c2*1-6(8)4-2-3-5-7;/h2*2-4H2,1H3;/q2*-1;+2. The van der Waals surface area contributed by atoms with Crippen molar-refractivity contribution in [1.29, 1.82) is 0 Å². The smallest absolute Gasteiger partial charge is 0.542 e. The first-order valence-corrected chi connectivity index (χ1v) is 5.23. The number of unbranched alkanes of at least 4 members (excludes halogenated alkanes) is 2. The van der Waals surface area contributed by atoms with Crippen molar-refractivity contribution in [2.75, 3.05) is 0 Å². The van der Waals surface area contributed by atoms with Crippen LogP contribution in [0.2, 0.25) is 0 Å². The number of ketones is 2. The van der Waals surface area contributed by atoms with Crippen LogP contribution in [0.5, 0.6) is 0 Å². The van der Waals surface area contributed by atoms with Crippen molar-refractivity contribution in [2.45, 2.75) is 52.4 Å². The molecule has 0 fully saturated rings. The van der Waals surface area contributed by atoms with Crippen molar-refractivity contribution >= 4 is 24.1 Å². The molecule has 0 saturated carbocycles. The second-order valence-electron chi connectivity index (χ2n) is 3.40. The van der Waals surface area contributed by atoms with Crippen molar-refractivity contribution in [3.63, 3.8) is 0 Å². The molecule has 0 heterocycles. The molecule has 0 bridgehead atoms. The van der Waals surface area contributed by atoms with E-state index in [1.54, 1.807) is 12.6 Å². The molecule has 0 N–H and O–H groups in total. The third-order valence-electron chi connectivity index (χ3n) is 1.62. The van der Waals surface area contributed by atoms with Crippen LogP contribution in [0.3, 0.4) is 0 Å². The van der Waals surface area contributed by atoms with Crippen LogP contribution in [0, 0.1) is 0 Å². The fraction of sp³-hybridized carbons (Fsp3) is 0.667. The Kier molecular flexibility index (Phi) is 22.6. The van der Waals surface area contributed by atoms with E-state index in [0.29, 0.717) is 38.5 Å². The molecule has 0 aromatic carbocycles. The first-order valence-electron chi connectivity index (χ1n) is 5.23. The molecule has 0 aliphatic carbocycles. The Morgan fingerprint density at radius 2 is 1.12 bits per heavy atom. The normalized spacial score (nSPS) is 8.12. The minimum absolute atomic E-state index is 0. The van der Waals surface area contributed by atoms with Gasteiger partial charge in [0.25, 0.3) is 0 Å². The summed E-state index contributed by atoms with van der Waals surface area (Å²) < 4.78 is 0. The average Bonchev–Trinajstić information content (AvgIpc) is 2.18. The van der Waals surface area contributed by atoms with Crippen LogP contribution in [0.4, 0.5) is 0 Å². The van der Waals surface area contributed by atoms with E-state index in [0.717, 1.165) is 0 Å². The van der Waals surface area contributed by atoms with Crippen molar-refractivity contribution in [3.8, 4) is 0 Å². The molecule has 0 rings (SSSR count). The van der Waals surface area contributed by atoms with Gasteiger partial charge in [-0.2, -0.15) is 12.8 Å². The van der Waals surface area contributed by atoms with E-state index in [1.807, 2.05) is 0 Å². The van der Waals surface area contributed by atoms with Crippen molar-refractivity contribution in [2.24, 2.45) is 0 Å². The second kappa shape index (κ2) is 17.8. The zero-order valence-corrected chi connectivity index (χ0v) is 12.5. The Hall–Kier alpha value is -0.632. The monoisotopic (exact) mass is 421 g/mol. The molecule has 0 unspecified atom stereocenters. The Balaban J connectivity index is -0.000000218. The maximum Gasteiger partial charge on any atom is 2.00 e. The summed E-state index contributed by atoms with van der Waals surface area (Å²) in [5.74, 6) is 0.278. The summed E-state index contributed by atoms with van der Waals surface area (Å²) in [6.07, 6.45) is 6.54. The van der Waals surface area contributed by atoms with Crippen LogP contribution in [0.15, 0.2) is 0 Å². The molecular weight excluding hydrogens is 403 g/mol. The molecule has 17 heavy (non-hydrogen) atoms. The summed E-state index contributed by atoms with van der Waals surface area (Å²) in [7, 11) is 0. The van der Waals surface area contributed by atoms with Gasteiger partial charge in [0.05, 0.1) is 0 Å². The van der Waals surface area contributed by atoms with Gasteiger partial charge in [0, 0.05) is 12.8 Å². The molecule has 5 heteroatoms. The van der Waals surface area contributed by atoms with Gasteiger partial charge in [-0.3, -0.25) is 12.6 Å². The third kappa shape index (κ3) is 31.3. The van der Waals surface area contributed by atoms with Gasteiger partial charge in [0.2, 0.25) is 0 Å². The van der Waals surface area contributed by atoms with Gasteiger partial charge in [-0.25, -0.2) is 0 Å². The molecule has 0 radical (unpaired) electrons. The predicted molar refractivity (Wildman–Crippen MR) is 60.5 cm³/mol. The van der Waals surface area contributed by atoms with Crippen LogP contribution in [-0.4, -0.2) is 24.1 Å². The van der Waals surface area contributed by atoms with Crippen LogP contribution in [-0.2, 0) is 40.2 Å². The topological polar surface area (TPSA) is 68.3 Å². The molecule has 0 aromatic rings. The summed E-state index contributed by atoms with van der Waals surface area (Å²) in [5.41, 5.74) is 0. The number of hydrogen-bond donors (Lipinski definition) is 0. The van der Waals surface area contributed by atoms with Crippen molar-refractivity contribution < 1.29 is 40.2 Å². The SMILES string of the molecule is CC(=O)CCC[C-]=O.CC(=O)CCC[C-]=O.[Pt+2]. The van der Waals surface area contributed by atoms with E-state index in [1.165, 1.54) is 13.8 Å². The van der Waals surface area contributed by atoms with Gasteiger partial charge in [-0.1, -0.05) is 12.8 Å². The number of carbonyl (C=O) groups is 2. The van der Waals surface area contributed by atoms with Crippen LogP contribution in [0.25, 0.3) is 0 Å². The molecule has 0 saturated heterocycles. The number of Topliss-reactive ketones (excluding diaryl/α,β-unsaturated/α-hetero) is 2. The molecule has 0 spiro atoms. The summed E-state index contributed by atoms with van der Waals surface area (Å²) in [6.45, 7) is 3.04. The zero-order chi connectivity index (χ0) is 12.8. The molecule has 0 amide bonds. The molecule has 0 aliphatic heterocycles. The van der Waals surface area contributed by atoms with Crippen LogP contribution < -0.4 is 0 Å². The molecular formula is C12H18O4Pt. The van der Waals surface area contributed by atoms with Gasteiger partial charge in [-0.05, 0) is 13.8 Å². The first-order chi connectivity index (χ1) is 7.54. The van der Waals surface area contributed by atoms with E-state index in [4.69, 9.17) is 0 Å². The molecule has 4 nitrogen and oxygen atoms in total. The average molecular weight is 421 g/mol. The first kappa shape index (κ1) is 21.6. The molecule has 0 aromatic heterocycles. The van der Waals surface area contributed by atoms with Gasteiger partial charge in [-0.15, -0.1) is 0 Å². The Labute approximate surface area is 117 Å². The van der Waals surface area contributed by atoms with E-state index < -0.39 is 0 Å².